The summed E-state index contributed by atoms with van der Waals surface area (Å²) in [5.74, 6) is -3.18. The average molecular weight is 229 g/mol. The van der Waals surface area contributed by atoms with Crippen molar-refractivity contribution in [2.75, 3.05) is 6.54 Å². The molecule has 0 heterocycles. The van der Waals surface area contributed by atoms with Crippen molar-refractivity contribution < 1.29 is 18.7 Å². The first kappa shape index (κ1) is 12.6. The number of rotatable bonds is 5. The monoisotopic (exact) mass is 229 g/mol. The highest BCUT2D eigenvalue weighted by Gasteiger charge is 2.09. The van der Waals surface area contributed by atoms with Crippen molar-refractivity contribution in [1.29, 1.82) is 0 Å². The maximum absolute atomic E-state index is 12.8. The molecule has 5 heteroatoms. The zero-order valence-electron chi connectivity index (χ0n) is 8.84. The zero-order valence-corrected chi connectivity index (χ0v) is 8.84. The number of benzene rings is 1. The van der Waals surface area contributed by atoms with Gasteiger partial charge in [0.25, 0.3) is 0 Å². The molecule has 0 radical (unpaired) electrons. The molecule has 1 unspecified atom stereocenters. The first-order chi connectivity index (χ1) is 7.50. The second-order valence-corrected chi connectivity index (χ2v) is 3.62. The molecule has 0 spiro atoms. The minimum atomic E-state index is -0.898. The Kier molecular flexibility index (Phi) is 4.37. The normalized spacial score (nSPS) is 12.4. The van der Waals surface area contributed by atoms with Gasteiger partial charge in [-0.15, -0.1) is 0 Å². The minimum absolute atomic E-state index is 0.286. The summed E-state index contributed by atoms with van der Waals surface area (Å²) in [5.41, 5.74) is 0.580. The van der Waals surface area contributed by atoms with Gasteiger partial charge in [0.05, 0.1) is 5.92 Å². The van der Waals surface area contributed by atoms with E-state index in [0.717, 1.165) is 12.1 Å². The molecule has 0 amide bonds. The molecule has 0 saturated heterocycles. The second kappa shape index (κ2) is 5.55. The van der Waals surface area contributed by atoms with E-state index in [0.29, 0.717) is 12.1 Å². The third kappa shape index (κ3) is 3.58. The molecule has 0 aliphatic carbocycles. The molecule has 2 N–H and O–H groups in total. The molecule has 0 aliphatic heterocycles. The van der Waals surface area contributed by atoms with Crippen LogP contribution in [0.25, 0.3) is 0 Å². The summed E-state index contributed by atoms with van der Waals surface area (Å²) in [7, 11) is 0. The fourth-order valence-electron chi connectivity index (χ4n) is 1.17. The van der Waals surface area contributed by atoms with E-state index in [1.165, 1.54) is 6.07 Å². The molecule has 88 valence electrons. The molecule has 0 bridgehead atoms. The number of hydrogen-bond acceptors (Lipinski definition) is 2. The van der Waals surface area contributed by atoms with E-state index < -0.39 is 23.5 Å². The van der Waals surface area contributed by atoms with Gasteiger partial charge in [-0.05, 0) is 17.7 Å². The van der Waals surface area contributed by atoms with Gasteiger partial charge in [-0.3, -0.25) is 4.79 Å². The maximum Gasteiger partial charge on any atom is 0.307 e. The Labute approximate surface area is 92.1 Å². The molecule has 0 aliphatic rings. The number of nitrogens with one attached hydrogen (secondary N) is 1. The molecule has 1 aromatic carbocycles. The molecule has 0 aromatic heterocycles. The summed E-state index contributed by atoms with van der Waals surface area (Å²) in [5, 5.41) is 11.5. The van der Waals surface area contributed by atoms with Gasteiger partial charge in [-0.2, -0.15) is 0 Å². The second-order valence-electron chi connectivity index (χ2n) is 3.62. The van der Waals surface area contributed by atoms with Crippen molar-refractivity contribution in [1.82, 2.24) is 5.32 Å². The summed E-state index contributed by atoms with van der Waals surface area (Å²) in [6.45, 7) is 2.17. The highest BCUT2D eigenvalue weighted by atomic mass is 19.2. The van der Waals surface area contributed by atoms with Crippen LogP contribution in [0.15, 0.2) is 18.2 Å². The van der Waals surface area contributed by atoms with Gasteiger partial charge in [-0.25, -0.2) is 8.78 Å². The molecular formula is C11H13F2NO2. The van der Waals surface area contributed by atoms with Crippen LogP contribution < -0.4 is 5.32 Å². The number of aliphatic carboxylic acids is 1. The molecule has 0 fully saturated rings. The minimum Gasteiger partial charge on any atom is -0.481 e. The summed E-state index contributed by atoms with van der Waals surface area (Å²) in [6, 6.07) is 3.59. The van der Waals surface area contributed by atoms with Gasteiger partial charge >= 0.3 is 5.97 Å². The van der Waals surface area contributed by atoms with E-state index in [1.807, 2.05) is 0 Å². The van der Waals surface area contributed by atoms with Crippen molar-refractivity contribution in [3.8, 4) is 0 Å². The Bertz CT molecular complexity index is 382. The van der Waals surface area contributed by atoms with Crippen LogP contribution in [-0.4, -0.2) is 17.6 Å². The van der Waals surface area contributed by atoms with Crippen molar-refractivity contribution >= 4 is 5.97 Å². The Hall–Kier alpha value is -1.49. The SMILES string of the molecule is CC(CNCc1ccc(F)c(F)c1)C(=O)O. The standard InChI is InChI=1S/C11H13F2NO2/c1-7(11(15)16)5-14-6-8-2-3-9(12)10(13)4-8/h2-4,7,14H,5-6H2,1H3,(H,15,16). The van der Waals surface area contributed by atoms with Crippen LogP contribution in [0.5, 0.6) is 0 Å². The lowest BCUT2D eigenvalue weighted by molar-refractivity contribution is -0.140. The molecular weight excluding hydrogens is 216 g/mol. The predicted molar refractivity (Wildman–Crippen MR) is 54.9 cm³/mol. The van der Waals surface area contributed by atoms with Gasteiger partial charge in [-0.1, -0.05) is 13.0 Å². The largest absolute Gasteiger partial charge is 0.481 e. The van der Waals surface area contributed by atoms with Crippen LogP contribution in [0.1, 0.15) is 12.5 Å². The van der Waals surface area contributed by atoms with Crippen LogP contribution in [0.2, 0.25) is 0 Å². The zero-order chi connectivity index (χ0) is 12.1. The fourth-order valence-corrected chi connectivity index (χ4v) is 1.17. The maximum atomic E-state index is 12.8. The summed E-state index contributed by atoms with van der Waals surface area (Å²) in [4.78, 5) is 10.5. The quantitative estimate of drug-likeness (QED) is 0.809. The third-order valence-electron chi connectivity index (χ3n) is 2.19. The summed E-state index contributed by atoms with van der Waals surface area (Å²) in [6.07, 6.45) is 0. The van der Waals surface area contributed by atoms with E-state index in [2.05, 4.69) is 5.32 Å². The Morgan fingerprint density at radius 3 is 2.69 bits per heavy atom. The van der Waals surface area contributed by atoms with Crippen LogP contribution in [0, 0.1) is 17.6 Å². The number of carboxylic acid groups (broad SMARTS) is 1. The molecule has 1 aromatic rings. The molecule has 0 saturated carbocycles. The van der Waals surface area contributed by atoms with Gasteiger partial charge < -0.3 is 10.4 Å². The van der Waals surface area contributed by atoms with Crippen molar-refractivity contribution in [2.24, 2.45) is 5.92 Å². The van der Waals surface area contributed by atoms with Crippen LogP contribution in [0.4, 0.5) is 8.78 Å². The number of carbonyl (C=O) groups is 1. The molecule has 3 nitrogen and oxygen atoms in total. The molecule has 1 atom stereocenters. The van der Waals surface area contributed by atoms with E-state index in [9.17, 15) is 13.6 Å². The van der Waals surface area contributed by atoms with Crippen LogP contribution in [0.3, 0.4) is 0 Å². The van der Waals surface area contributed by atoms with Crippen molar-refractivity contribution in [3.63, 3.8) is 0 Å². The van der Waals surface area contributed by atoms with Gasteiger partial charge in [0, 0.05) is 13.1 Å². The summed E-state index contributed by atoms with van der Waals surface area (Å²) >= 11 is 0. The highest BCUT2D eigenvalue weighted by Crippen LogP contribution is 2.08. The smallest absolute Gasteiger partial charge is 0.307 e. The number of halogens is 2. The van der Waals surface area contributed by atoms with Crippen molar-refractivity contribution in [3.05, 3.63) is 35.4 Å². The predicted octanol–water partition coefficient (Wildman–Crippen LogP) is 1.78. The van der Waals surface area contributed by atoms with Gasteiger partial charge in [0.1, 0.15) is 0 Å². The third-order valence-corrected chi connectivity index (χ3v) is 2.19. The number of carboxylic acids is 1. The summed E-state index contributed by atoms with van der Waals surface area (Å²) < 4.78 is 25.4. The first-order valence-electron chi connectivity index (χ1n) is 4.88. The van der Waals surface area contributed by atoms with Gasteiger partial charge in [0.15, 0.2) is 11.6 Å². The van der Waals surface area contributed by atoms with E-state index in [1.54, 1.807) is 6.92 Å². The van der Waals surface area contributed by atoms with Crippen LogP contribution >= 0.6 is 0 Å². The average Bonchev–Trinajstić information content (AvgIpc) is 2.23. The Morgan fingerprint density at radius 2 is 2.12 bits per heavy atom. The molecule has 16 heavy (non-hydrogen) atoms. The lowest BCUT2D eigenvalue weighted by Crippen LogP contribution is -2.25. The number of hydrogen-bond donors (Lipinski definition) is 2. The van der Waals surface area contributed by atoms with Crippen molar-refractivity contribution in [2.45, 2.75) is 13.5 Å². The van der Waals surface area contributed by atoms with E-state index in [-0.39, 0.29) is 6.54 Å². The van der Waals surface area contributed by atoms with E-state index >= 15 is 0 Å². The van der Waals surface area contributed by atoms with Gasteiger partial charge in [0.2, 0.25) is 0 Å². The van der Waals surface area contributed by atoms with E-state index in [4.69, 9.17) is 5.11 Å². The fraction of sp³-hybridized carbons (Fsp3) is 0.364. The highest BCUT2D eigenvalue weighted by molar-refractivity contribution is 5.69. The molecule has 1 rings (SSSR count). The van der Waals surface area contributed by atoms with Crippen LogP contribution in [-0.2, 0) is 11.3 Å². The lowest BCUT2D eigenvalue weighted by Gasteiger charge is -2.08. The first-order valence-corrected chi connectivity index (χ1v) is 4.88. The Morgan fingerprint density at radius 1 is 1.44 bits per heavy atom. The lowest BCUT2D eigenvalue weighted by atomic mass is 10.1. The topological polar surface area (TPSA) is 49.3 Å². The Balaban J connectivity index is 2.43.